The summed E-state index contributed by atoms with van der Waals surface area (Å²) in [5.41, 5.74) is -0.158. The number of aliphatic hydroxyl groups excluding tert-OH is 2. The highest BCUT2D eigenvalue weighted by Gasteiger charge is 2.48. The summed E-state index contributed by atoms with van der Waals surface area (Å²) in [5.74, 6) is -0.922. The molecule has 4 aliphatic heterocycles. The molecule has 14 heteroatoms. The lowest BCUT2D eigenvalue weighted by atomic mass is 9.83. The summed E-state index contributed by atoms with van der Waals surface area (Å²) in [7, 11) is 1.57. The first-order valence-electron chi connectivity index (χ1n) is 14.1. The Labute approximate surface area is 233 Å². The van der Waals surface area contributed by atoms with Crippen LogP contribution in [0.4, 0.5) is 0 Å². The number of ether oxygens (including phenoxy) is 2. The molecule has 5 heterocycles. The summed E-state index contributed by atoms with van der Waals surface area (Å²) in [6.45, 7) is 6.15. The second-order valence-electron chi connectivity index (χ2n) is 11.9. The number of methoxy groups -OCH3 is 1. The van der Waals surface area contributed by atoms with E-state index in [2.05, 4.69) is 39.7 Å². The Bertz CT molecular complexity index is 1090. The molecule has 1 spiro atoms. The largest absolute Gasteiger partial charge is 0.388 e. The van der Waals surface area contributed by atoms with E-state index in [0.29, 0.717) is 50.7 Å². The molecule has 0 saturated carbocycles. The first kappa shape index (κ1) is 28.9. The molecule has 0 aromatic carbocycles. The minimum Gasteiger partial charge on any atom is -0.388 e. The molecule has 3 amide bonds. The molecule has 222 valence electrons. The van der Waals surface area contributed by atoms with E-state index < -0.39 is 36.0 Å². The number of amides is 3. The number of hydrogen-bond acceptors (Lipinski definition) is 10. The van der Waals surface area contributed by atoms with Crippen molar-refractivity contribution in [3.63, 3.8) is 0 Å². The number of carbonyl (C=O) groups is 3. The van der Waals surface area contributed by atoms with Gasteiger partial charge in [0.25, 0.3) is 0 Å². The van der Waals surface area contributed by atoms with Gasteiger partial charge in [-0.1, -0.05) is 5.21 Å². The number of nitrogens with one attached hydrogen (secondary N) is 2. The molecule has 4 fully saturated rings. The molecule has 2 unspecified atom stereocenters. The standard InChI is InChI=1S/C26H41N7O7/c1-15(2)31-6-4-26(5-7-31)10-22(35)32-13-17(33-12-16(14-39-3)29-30-33)8-18(32)25(38)27-11-20-24(37)23(36)19(40-20)9-21(34)28-26/h12,15,17-20,23-24,36-37H,4-11,13-14H2,1-3H3,(H,27,38)(H,28,34)/t17-,18-,19-,20+,23?,24?/m0/s1. The molecule has 4 saturated heterocycles. The Balaban J connectivity index is 1.43. The number of hydrogen-bond donors (Lipinski definition) is 4. The van der Waals surface area contributed by atoms with Gasteiger partial charge in [-0.3, -0.25) is 14.4 Å². The van der Waals surface area contributed by atoms with Crippen LogP contribution in [0.15, 0.2) is 6.20 Å². The second kappa shape index (κ2) is 11.7. The number of fused-ring (bicyclic) bond motifs is 3. The molecule has 1 aromatic heterocycles. The highest BCUT2D eigenvalue weighted by Crippen LogP contribution is 2.33. The van der Waals surface area contributed by atoms with E-state index in [-0.39, 0.29) is 49.7 Å². The van der Waals surface area contributed by atoms with Gasteiger partial charge in [0.1, 0.15) is 30.0 Å². The Morgan fingerprint density at radius 3 is 2.60 bits per heavy atom. The zero-order chi connectivity index (χ0) is 28.6. The van der Waals surface area contributed by atoms with Crippen molar-refractivity contribution in [2.24, 2.45) is 0 Å². The summed E-state index contributed by atoms with van der Waals surface area (Å²) in [6, 6.07) is -0.722. The van der Waals surface area contributed by atoms with E-state index in [0.717, 1.165) is 0 Å². The minimum atomic E-state index is -1.26. The maximum atomic E-state index is 13.9. The Kier molecular flexibility index (Phi) is 8.43. The average molecular weight is 564 g/mol. The van der Waals surface area contributed by atoms with Crippen molar-refractivity contribution in [1.29, 1.82) is 0 Å². The summed E-state index contributed by atoms with van der Waals surface area (Å²) < 4.78 is 12.6. The third-order valence-corrected chi connectivity index (χ3v) is 8.83. The van der Waals surface area contributed by atoms with E-state index in [9.17, 15) is 24.6 Å². The first-order valence-corrected chi connectivity index (χ1v) is 14.1. The second-order valence-corrected chi connectivity index (χ2v) is 11.9. The normalized spacial score (nSPS) is 33.6. The molecule has 40 heavy (non-hydrogen) atoms. The predicted molar refractivity (Wildman–Crippen MR) is 140 cm³/mol. The van der Waals surface area contributed by atoms with Crippen LogP contribution in [-0.4, -0.2) is 128 Å². The number of carbonyl (C=O) groups excluding carboxylic acids is 3. The van der Waals surface area contributed by atoms with Crippen molar-refractivity contribution in [3.8, 4) is 0 Å². The Morgan fingerprint density at radius 2 is 1.90 bits per heavy atom. The van der Waals surface area contributed by atoms with Gasteiger partial charge >= 0.3 is 0 Å². The highest BCUT2D eigenvalue weighted by atomic mass is 16.5. The monoisotopic (exact) mass is 563 g/mol. The fraction of sp³-hybridized carbons (Fsp3) is 0.808. The molecule has 1 aromatic rings. The van der Waals surface area contributed by atoms with Gasteiger partial charge in [0.2, 0.25) is 17.7 Å². The Hall–Kier alpha value is -2.65. The van der Waals surface area contributed by atoms with Crippen LogP contribution < -0.4 is 10.6 Å². The zero-order valence-electron chi connectivity index (χ0n) is 23.4. The summed E-state index contributed by atoms with van der Waals surface area (Å²) in [6.07, 6.45) is -1.20. The van der Waals surface area contributed by atoms with Gasteiger partial charge in [-0.15, -0.1) is 5.10 Å². The molecular formula is C26H41N7O7. The van der Waals surface area contributed by atoms with Gasteiger partial charge in [0.15, 0.2) is 0 Å². The van der Waals surface area contributed by atoms with Gasteiger partial charge in [0.05, 0.1) is 43.3 Å². The van der Waals surface area contributed by atoms with Gasteiger partial charge in [0, 0.05) is 45.8 Å². The smallest absolute Gasteiger partial charge is 0.242 e. The fourth-order valence-electron chi connectivity index (χ4n) is 6.45. The van der Waals surface area contributed by atoms with Crippen LogP contribution in [0.3, 0.4) is 0 Å². The van der Waals surface area contributed by atoms with E-state index in [1.165, 1.54) is 0 Å². The maximum Gasteiger partial charge on any atom is 0.242 e. The zero-order valence-corrected chi connectivity index (χ0v) is 23.4. The quantitative estimate of drug-likeness (QED) is 0.332. The molecule has 4 N–H and O–H groups in total. The van der Waals surface area contributed by atoms with E-state index in [4.69, 9.17) is 9.47 Å². The number of nitrogens with zero attached hydrogens (tertiary/aromatic N) is 5. The van der Waals surface area contributed by atoms with Crippen molar-refractivity contribution in [2.45, 2.75) is 101 Å². The molecule has 4 aliphatic rings. The van der Waals surface area contributed by atoms with Crippen molar-refractivity contribution >= 4 is 17.7 Å². The highest BCUT2D eigenvalue weighted by molar-refractivity contribution is 5.89. The third-order valence-electron chi connectivity index (χ3n) is 8.83. The average Bonchev–Trinajstić information content (AvgIpc) is 3.62. The van der Waals surface area contributed by atoms with Gasteiger partial charge < -0.3 is 40.1 Å². The summed E-state index contributed by atoms with van der Waals surface area (Å²) in [5, 5.41) is 35.4. The van der Waals surface area contributed by atoms with Crippen LogP contribution in [0.25, 0.3) is 0 Å². The lowest BCUT2D eigenvalue weighted by molar-refractivity contribution is -0.141. The van der Waals surface area contributed by atoms with E-state index in [1.54, 1.807) is 22.9 Å². The molecule has 14 nitrogen and oxygen atoms in total. The first-order chi connectivity index (χ1) is 19.1. The number of piperidine rings is 1. The van der Waals surface area contributed by atoms with Crippen molar-refractivity contribution < 1.29 is 34.1 Å². The Morgan fingerprint density at radius 1 is 1.18 bits per heavy atom. The maximum absolute atomic E-state index is 13.9. The number of likely N-dealkylation sites (tertiary alicyclic amines) is 1. The van der Waals surface area contributed by atoms with Crippen molar-refractivity contribution in [2.75, 3.05) is 33.3 Å². The van der Waals surface area contributed by atoms with E-state index in [1.807, 2.05) is 0 Å². The van der Waals surface area contributed by atoms with Crippen molar-refractivity contribution in [3.05, 3.63) is 11.9 Å². The number of aromatic nitrogens is 3. The van der Waals surface area contributed by atoms with Crippen molar-refractivity contribution in [1.82, 2.24) is 35.4 Å². The van der Waals surface area contributed by atoms with Gasteiger partial charge in [-0.25, -0.2) is 4.68 Å². The van der Waals surface area contributed by atoms with Crippen LogP contribution in [0.1, 0.15) is 57.7 Å². The molecular weight excluding hydrogens is 522 g/mol. The molecule has 5 rings (SSSR count). The number of aliphatic hydroxyl groups is 2. The van der Waals surface area contributed by atoms with Crippen LogP contribution >= 0.6 is 0 Å². The molecule has 6 atom stereocenters. The summed E-state index contributed by atoms with van der Waals surface area (Å²) in [4.78, 5) is 44.5. The predicted octanol–water partition coefficient (Wildman–Crippen LogP) is -1.68. The SMILES string of the molecule is COCc1cn([C@H]2C[C@H]3C(=O)NC[C@H]4O[C@@H](CC(=O)NC5(CCN(C(C)C)CC5)CC(=O)N3C2)C(O)C4O)nn1. The minimum absolute atomic E-state index is 0.0484. The summed E-state index contributed by atoms with van der Waals surface area (Å²) >= 11 is 0. The van der Waals surface area contributed by atoms with E-state index >= 15 is 0 Å². The lowest BCUT2D eigenvalue weighted by Crippen LogP contribution is -2.59. The topological polar surface area (TPSA) is 171 Å². The van der Waals surface area contributed by atoms with Crippen LogP contribution in [0.5, 0.6) is 0 Å². The van der Waals surface area contributed by atoms with Crippen LogP contribution in [0.2, 0.25) is 0 Å². The third kappa shape index (κ3) is 5.86. The number of rotatable bonds is 4. The lowest BCUT2D eigenvalue weighted by Gasteiger charge is -2.44. The van der Waals surface area contributed by atoms with Crippen LogP contribution in [-0.2, 0) is 30.5 Å². The molecule has 0 aliphatic carbocycles. The fourth-order valence-corrected chi connectivity index (χ4v) is 6.45. The van der Waals surface area contributed by atoms with Crippen LogP contribution in [0, 0.1) is 0 Å². The van der Waals surface area contributed by atoms with Gasteiger partial charge in [-0.2, -0.15) is 0 Å². The van der Waals surface area contributed by atoms with Gasteiger partial charge in [-0.05, 0) is 26.7 Å². The molecule has 2 bridgehead atoms. The molecule has 0 radical (unpaired) electrons.